The number of hydrogen-bond acceptors (Lipinski definition) is 5. The van der Waals surface area contributed by atoms with Crippen LogP contribution < -0.4 is 9.44 Å². The molecule has 0 fully saturated rings. The Kier molecular flexibility index (Phi) is 5.13. The number of nitrogens with zero attached hydrogens (tertiary/aromatic N) is 2. The van der Waals surface area contributed by atoms with Gasteiger partial charge in [0.25, 0.3) is 0 Å². The molecule has 0 unspecified atom stereocenters. The van der Waals surface area contributed by atoms with E-state index in [0.717, 1.165) is 6.07 Å². The number of halogens is 2. The van der Waals surface area contributed by atoms with Gasteiger partial charge >= 0.3 is 0 Å². The topological polar surface area (TPSA) is 110 Å². The van der Waals surface area contributed by atoms with Gasteiger partial charge in [-0.05, 0) is 36.4 Å². The summed E-state index contributed by atoms with van der Waals surface area (Å²) in [5, 5.41) is 3.99. The second kappa shape index (κ2) is 7.21. The summed E-state index contributed by atoms with van der Waals surface area (Å²) < 4.78 is 80.3. The molecule has 12 heteroatoms. The van der Waals surface area contributed by atoms with Crippen molar-refractivity contribution in [3.63, 3.8) is 0 Å². The highest BCUT2D eigenvalue weighted by Crippen LogP contribution is 2.15. The number of aromatic nitrogens is 2. The Hall–Kier alpha value is -2.57. The highest BCUT2D eigenvalue weighted by Gasteiger charge is 2.18. The van der Waals surface area contributed by atoms with E-state index in [2.05, 4.69) is 9.82 Å². The molecule has 1 aromatic carbocycles. The standard InChI is InChI=1S/C15H14F2N4O4S2/c16-14-2-1-13(10-15(14)17)27(24,25)19-6-8-26(22,23)20-11-4-7-21-12(9-11)3-5-18-21/h1-5,7,9-10,19-20H,6,8H2. The van der Waals surface area contributed by atoms with Crippen molar-refractivity contribution >= 4 is 31.3 Å². The van der Waals surface area contributed by atoms with Gasteiger partial charge in [0.05, 0.1) is 21.9 Å². The van der Waals surface area contributed by atoms with E-state index >= 15 is 0 Å². The van der Waals surface area contributed by atoms with Crippen LogP contribution in [0.1, 0.15) is 0 Å². The van der Waals surface area contributed by atoms with Crippen molar-refractivity contribution in [1.29, 1.82) is 0 Å². The van der Waals surface area contributed by atoms with Crippen LogP contribution in [-0.4, -0.2) is 38.7 Å². The third-order valence-electron chi connectivity index (χ3n) is 3.54. The average molecular weight is 416 g/mol. The van der Waals surface area contributed by atoms with E-state index < -0.39 is 48.9 Å². The van der Waals surface area contributed by atoms with E-state index in [1.165, 1.54) is 6.07 Å². The van der Waals surface area contributed by atoms with E-state index in [9.17, 15) is 25.6 Å². The molecule has 2 N–H and O–H groups in total. The van der Waals surface area contributed by atoms with Gasteiger partial charge < -0.3 is 0 Å². The molecule has 27 heavy (non-hydrogen) atoms. The largest absolute Gasteiger partial charge is 0.283 e. The van der Waals surface area contributed by atoms with Crippen LogP contribution in [0.5, 0.6) is 0 Å². The Morgan fingerprint density at radius 1 is 1.00 bits per heavy atom. The minimum atomic E-state index is -4.18. The Morgan fingerprint density at radius 2 is 1.78 bits per heavy atom. The fraction of sp³-hybridized carbons (Fsp3) is 0.133. The van der Waals surface area contributed by atoms with E-state index in [1.54, 1.807) is 29.0 Å². The summed E-state index contributed by atoms with van der Waals surface area (Å²) in [5.41, 5.74) is 0.973. The number of anilines is 1. The molecule has 0 aliphatic heterocycles. The van der Waals surface area contributed by atoms with Gasteiger partial charge in [0.1, 0.15) is 0 Å². The molecule has 0 spiro atoms. The Bertz CT molecular complexity index is 1190. The van der Waals surface area contributed by atoms with Crippen LogP contribution in [0.3, 0.4) is 0 Å². The highest BCUT2D eigenvalue weighted by atomic mass is 32.2. The van der Waals surface area contributed by atoms with Crippen LogP contribution in [0.4, 0.5) is 14.5 Å². The predicted octanol–water partition coefficient (Wildman–Crippen LogP) is 1.33. The lowest BCUT2D eigenvalue weighted by Gasteiger charge is -2.10. The van der Waals surface area contributed by atoms with Crippen LogP contribution >= 0.6 is 0 Å². The molecule has 0 aliphatic carbocycles. The van der Waals surface area contributed by atoms with E-state index in [1.807, 2.05) is 4.72 Å². The Morgan fingerprint density at radius 3 is 2.52 bits per heavy atom. The summed E-state index contributed by atoms with van der Waals surface area (Å²) in [4.78, 5) is -0.502. The average Bonchev–Trinajstić information content (AvgIpc) is 3.04. The van der Waals surface area contributed by atoms with Gasteiger partial charge in [-0.1, -0.05) is 0 Å². The fourth-order valence-corrected chi connectivity index (χ4v) is 4.38. The van der Waals surface area contributed by atoms with Crippen LogP contribution in [0, 0.1) is 11.6 Å². The number of fused-ring (bicyclic) bond motifs is 1. The lowest BCUT2D eigenvalue weighted by Crippen LogP contribution is -2.31. The van der Waals surface area contributed by atoms with E-state index in [4.69, 9.17) is 0 Å². The van der Waals surface area contributed by atoms with Gasteiger partial charge in [-0.25, -0.2) is 34.9 Å². The van der Waals surface area contributed by atoms with Gasteiger partial charge in [-0.2, -0.15) is 5.10 Å². The zero-order valence-corrected chi connectivity index (χ0v) is 15.3. The van der Waals surface area contributed by atoms with E-state index in [0.29, 0.717) is 23.3 Å². The summed E-state index contributed by atoms with van der Waals surface area (Å²) in [6.07, 6.45) is 3.12. The molecule has 0 bridgehead atoms. The number of sulfonamides is 2. The maximum Gasteiger partial charge on any atom is 0.240 e. The summed E-state index contributed by atoms with van der Waals surface area (Å²) >= 11 is 0. The minimum absolute atomic E-state index is 0.298. The molecule has 2 aromatic heterocycles. The van der Waals surface area contributed by atoms with Crippen LogP contribution in [0.2, 0.25) is 0 Å². The summed E-state index contributed by atoms with van der Waals surface area (Å²) in [6, 6.07) is 6.83. The van der Waals surface area contributed by atoms with Crippen molar-refractivity contribution in [2.24, 2.45) is 0 Å². The van der Waals surface area contributed by atoms with Crippen molar-refractivity contribution in [1.82, 2.24) is 14.3 Å². The summed E-state index contributed by atoms with van der Waals surface area (Å²) in [7, 11) is -8.02. The predicted molar refractivity (Wildman–Crippen MR) is 94.1 cm³/mol. The molecule has 3 aromatic rings. The van der Waals surface area contributed by atoms with Gasteiger partial charge in [0.2, 0.25) is 20.0 Å². The molecular formula is C15H14F2N4O4S2. The normalized spacial score (nSPS) is 12.4. The molecule has 3 rings (SSSR count). The van der Waals surface area contributed by atoms with Crippen LogP contribution in [-0.2, 0) is 20.0 Å². The second-order valence-corrected chi connectivity index (χ2v) is 9.12. The van der Waals surface area contributed by atoms with E-state index in [-0.39, 0.29) is 0 Å². The molecule has 8 nitrogen and oxygen atoms in total. The molecular weight excluding hydrogens is 402 g/mol. The third kappa shape index (κ3) is 4.59. The minimum Gasteiger partial charge on any atom is -0.283 e. The zero-order chi connectivity index (χ0) is 19.7. The molecule has 0 aliphatic rings. The first kappa shape index (κ1) is 19.2. The second-order valence-electron chi connectivity index (χ2n) is 5.51. The molecule has 0 atom stereocenters. The van der Waals surface area contributed by atoms with Gasteiger partial charge in [0, 0.05) is 18.9 Å². The Labute approximate surface area is 153 Å². The van der Waals surface area contributed by atoms with Crippen molar-refractivity contribution in [2.45, 2.75) is 4.90 Å². The van der Waals surface area contributed by atoms with Crippen molar-refractivity contribution < 1.29 is 25.6 Å². The highest BCUT2D eigenvalue weighted by molar-refractivity contribution is 7.92. The lowest BCUT2D eigenvalue weighted by molar-refractivity contribution is 0.504. The molecule has 0 saturated heterocycles. The maximum atomic E-state index is 13.2. The summed E-state index contributed by atoms with van der Waals surface area (Å²) in [6.45, 7) is -0.453. The smallest absolute Gasteiger partial charge is 0.240 e. The first-order valence-electron chi connectivity index (χ1n) is 7.55. The molecule has 0 amide bonds. The van der Waals surface area contributed by atoms with Crippen molar-refractivity contribution in [2.75, 3.05) is 17.0 Å². The SMILES string of the molecule is O=S(=O)(CCNS(=O)(=O)c1ccc(F)c(F)c1)Nc1ccn2nccc2c1. The number of nitrogens with one attached hydrogen (secondary N) is 2. The number of rotatable bonds is 7. The summed E-state index contributed by atoms with van der Waals surface area (Å²) in [5.74, 6) is -3.06. The molecule has 144 valence electrons. The molecule has 2 heterocycles. The first-order valence-corrected chi connectivity index (χ1v) is 10.7. The quantitative estimate of drug-likeness (QED) is 0.604. The Balaban J connectivity index is 1.63. The molecule has 0 saturated carbocycles. The van der Waals surface area contributed by atoms with Crippen LogP contribution in [0.25, 0.3) is 5.52 Å². The number of pyridine rings is 1. The van der Waals surface area contributed by atoms with Crippen molar-refractivity contribution in [3.05, 3.63) is 60.4 Å². The maximum absolute atomic E-state index is 13.2. The van der Waals surface area contributed by atoms with Crippen LogP contribution in [0.15, 0.2) is 53.7 Å². The van der Waals surface area contributed by atoms with Crippen molar-refractivity contribution in [3.8, 4) is 0 Å². The third-order valence-corrected chi connectivity index (χ3v) is 6.28. The number of benzene rings is 1. The van der Waals surface area contributed by atoms with Gasteiger partial charge in [-0.3, -0.25) is 4.72 Å². The monoisotopic (exact) mass is 416 g/mol. The first-order chi connectivity index (χ1) is 12.7. The zero-order valence-electron chi connectivity index (χ0n) is 13.6. The lowest BCUT2D eigenvalue weighted by atomic mass is 10.3. The van der Waals surface area contributed by atoms with Gasteiger partial charge in [0.15, 0.2) is 11.6 Å². The number of hydrogen-bond donors (Lipinski definition) is 2. The fourth-order valence-electron chi connectivity index (χ4n) is 2.25. The molecule has 0 radical (unpaired) electrons. The van der Waals surface area contributed by atoms with Gasteiger partial charge in [-0.15, -0.1) is 0 Å².